The summed E-state index contributed by atoms with van der Waals surface area (Å²) >= 11 is 3.08. The third kappa shape index (κ3) is 4.28. The lowest BCUT2D eigenvalue weighted by Crippen LogP contribution is -2.13. The Morgan fingerprint density at radius 3 is 2.90 bits per heavy atom. The summed E-state index contributed by atoms with van der Waals surface area (Å²) in [5.74, 6) is -0.124. The van der Waals surface area contributed by atoms with E-state index in [1.165, 1.54) is 11.3 Å². The third-order valence-corrected chi connectivity index (χ3v) is 4.74. The summed E-state index contributed by atoms with van der Waals surface area (Å²) in [6.45, 7) is 4.08. The number of anilines is 1. The van der Waals surface area contributed by atoms with Crippen LogP contribution in [0.4, 0.5) is 5.13 Å². The Balaban J connectivity index is 2.09. The van der Waals surface area contributed by atoms with Gasteiger partial charge in [0.2, 0.25) is 5.13 Å². The van der Waals surface area contributed by atoms with Gasteiger partial charge in [0.1, 0.15) is 5.01 Å². The summed E-state index contributed by atoms with van der Waals surface area (Å²) in [5, 5.41) is 12.5. The largest absolute Gasteiger partial charge is 0.296 e. The van der Waals surface area contributed by atoms with Crippen molar-refractivity contribution in [2.24, 2.45) is 0 Å². The van der Waals surface area contributed by atoms with Crippen molar-refractivity contribution in [2.45, 2.75) is 38.0 Å². The number of amides is 1. The molecule has 0 saturated heterocycles. The van der Waals surface area contributed by atoms with E-state index in [9.17, 15) is 4.79 Å². The van der Waals surface area contributed by atoms with Gasteiger partial charge in [-0.1, -0.05) is 30.7 Å². The van der Waals surface area contributed by atoms with Crippen LogP contribution in [0.25, 0.3) is 0 Å². The summed E-state index contributed by atoms with van der Waals surface area (Å²) in [4.78, 5) is 13.4. The molecule has 0 aliphatic rings. The van der Waals surface area contributed by atoms with Crippen LogP contribution in [0.15, 0.2) is 23.1 Å². The van der Waals surface area contributed by atoms with Crippen molar-refractivity contribution < 1.29 is 4.79 Å². The molecule has 0 radical (unpaired) electrons. The summed E-state index contributed by atoms with van der Waals surface area (Å²) in [6.07, 6.45) is 5.14. The highest BCUT2D eigenvalue weighted by Crippen LogP contribution is 2.22. The van der Waals surface area contributed by atoms with Gasteiger partial charge < -0.3 is 0 Å². The third-order valence-electron chi connectivity index (χ3n) is 3.12. The molecule has 112 valence electrons. The molecule has 0 fully saturated rings. The van der Waals surface area contributed by atoms with E-state index in [4.69, 9.17) is 0 Å². The van der Waals surface area contributed by atoms with Crippen LogP contribution in [0.3, 0.4) is 0 Å². The molecule has 21 heavy (non-hydrogen) atoms. The molecule has 1 aromatic carbocycles. The minimum atomic E-state index is -0.124. The Morgan fingerprint density at radius 1 is 1.38 bits per heavy atom. The average Bonchev–Trinajstić information content (AvgIpc) is 2.93. The van der Waals surface area contributed by atoms with E-state index in [2.05, 4.69) is 22.4 Å². The minimum absolute atomic E-state index is 0.124. The average molecular weight is 321 g/mol. The van der Waals surface area contributed by atoms with Crippen molar-refractivity contribution in [3.8, 4) is 0 Å². The second kappa shape index (κ2) is 7.56. The zero-order chi connectivity index (χ0) is 15.2. The van der Waals surface area contributed by atoms with Gasteiger partial charge in [0.25, 0.3) is 5.91 Å². The maximum absolute atomic E-state index is 12.3. The van der Waals surface area contributed by atoms with Gasteiger partial charge in [0.15, 0.2) is 0 Å². The fraction of sp³-hybridized carbons (Fsp3) is 0.400. The van der Waals surface area contributed by atoms with Crippen LogP contribution in [-0.4, -0.2) is 22.4 Å². The first-order chi connectivity index (χ1) is 10.1. The maximum Gasteiger partial charge on any atom is 0.257 e. The van der Waals surface area contributed by atoms with Gasteiger partial charge in [-0.2, -0.15) is 0 Å². The number of nitrogens with one attached hydrogen (secondary N) is 1. The fourth-order valence-electron chi connectivity index (χ4n) is 1.87. The van der Waals surface area contributed by atoms with Crippen LogP contribution in [0, 0.1) is 6.92 Å². The molecule has 0 aliphatic carbocycles. The van der Waals surface area contributed by atoms with Crippen LogP contribution in [0.1, 0.15) is 40.7 Å². The van der Waals surface area contributed by atoms with Gasteiger partial charge >= 0.3 is 0 Å². The van der Waals surface area contributed by atoms with Gasteiger partial charge in [-0.05, 0) is 37.3 Å². The van der Waals surface area contributed by atoms with Gasteiger partial charge in [-0.15, -0.1) is 22.0 Å². The van der Waals surface area contributed by atoms with E-state index < -0.39 is 0 Å². The van der Waals surface area contributed by atoms with Crippen molar-refractivity contribution >= 4 is 34.1 Å². The lowest BCUT2D eigenvalue weighted by atomic mass is 10.1. The maximum atomic E-state index is 12.3. The number of unbranched alkanes of at least 4 members (excludes halogenated alkanes) is 1. The summed E-state index contributed by atoms with van der Waals surface area (Å²) in [5.41, 5.74) is 1.65. The van der Waals surface area contributed by atoms with E-state index >= 15 is 0 Å². The summed E-state index contributed by atoms with van der Waals surface area (Å²) in [7, 11) is 0. The molecule has 2 aromatic rings. The molecule has 0 bridgehead atoms. The monoisotopic (exact) mass is 321 g/mol. The topological polar surface area (TPSA) is 54.9 Å². The van der Waals surface area contributed by atoms with E-state index in [0.29, 0.717) is 10.7 Å². The second-order valence-corrected chi connectivity index (χ2v) is 6.68. The van der Waals surface area contributed by atoms with Crippen molar-refractivity contribution in [2.75, 3.05) is 11.6 Å². The number of thioether (sulfide) groups is 1. The smallest absolute Gasteiger partial charge is 0.257 e. The highest BCUT2D eigenvalue weighted by molar-refractivity contribution is 7.98. The van der Waals surface area contributed by atoms with Gasteiger partial charge in [-0.25, -0.2) is 0 Å². The first-order valence-corrected chi connectivity index (χ1v) is 8.96. The number of rotatable bonds is 6. The lowest BCUT2D eigenvalue weighted by Gasteiger charge is -2.06. The first-order valence-electron chi connectivity index (χ1n) is 6.92. The van der Waals surface area contributed by atoms with Crippen molar-refractivity contribution in [3.63, 3.8) is 0 Å². The fourth-order valence-corrected chi connectivity index (χ4v) is 3.09. The Hall–Kier alpha value is -1.40. The van der Waals surface area contributed by atoms with Crippen molar-refractivity contribution in [1.82, 2.24) is 10.2 Å². The molecule has 0 aliphatic heterocycles. The molecule has 2 rings (SSSR count). The normalized spacial score (nSPS) is 10.6. The number of hydrogen-bond donors (Lipinski definition) is 1. The molecule has 6 heteroatoms. The number of nitrogens with zero attached hydrogens (tertiary/aromatic N) is 2. The molecule has 1 aromatic heterocycles. The molecule has 4 nitrogen and oxygen atoms in total. The first kappa shape index (κ1) is 16.0. The number of carbonyl (C=O) groups is 1. The van der Waals surface area contributed by atoms with Crippen LogP contribution in [-0.2, 0) is 6.42 Å². The number of hydrogen-bond acceptors (Lipinski definition) is 5. The van der Waals surface area contributed by atoms with E-state index in [0.717, 1.165) is 34.7 Å². The Morgan fingerprint density at radius 2 is 2.19 bits per heavy atom. The highest BCUT2D eigenvalue weighted by atomic mass is 32.2. The Labute approximate surface area is 133 Å². The molecular formula is C15H19N3OS2. The predicted molar refractivity (Wildman–Crippen MR) is 89.4 cm³/mol. The molecular weight excluding hydrogens is 302 g/mol. The van der Waals surface area contributed by atoms with Crippen molar-refractivity contribution in [3.05, 3.63) is 34.3 Å². The zero-order valence-corrected chi connectivity index (χ0v) is 14.1. The molecule has 0 atom stereocenters. The van der Waals surface area contributed by atoms with Crippen molar-refractivity contribution in [1.29, 1.82) is 0 Å². The number of carbonyl (C=O) groups excluding carboxylic acids is 1. The lowest BCUT2D eigenvalue weighted by molar-refractivity contribution is 0.102. The van der Waals surface area contributed by atoms with Crippen LogP contribution >= 0.6 is 23.1 Å². The minimum Gasteiger partial charge on any atom is -0.296 e. The zero-order valence-electron chi connectivity index (χ0n) is 12.5. The molecule has 0 spiro atoms. The van der Waals surface area contributed by atoms with E-state index in [1.54, 1.807) is 11.8 Å². The van der Waals surface area contributed by atoms with Gasteiger partial charge in [0.05, 0.1) is 0 Å². The summed E-state index contributed by atoms with van der Waals surface area (Å²) in [6, 6.07) is 5.90. The quantitative estimate of drug-likeness (QED) is 0.812. The SMILES string of the molecule is CCCCc1nnc(NC(=O)c2cc(SC)ccc2C)s1. The van der Waals surface area contributed by atoms with Crippen LogP contribution < -0.4 is 5.32 Å². The second-order valence-electron chi connectivity index (χ2n) is 4.74. The summed E-state index contributed by atoms with van der Waals surface area (Å²) < 4.78 is 0. The van der Waals surface area contributed by atoms with Gasteiger partial charge in [-0.3, -0.25) is 10.1 Å². The molecule has 1 N–H and O–H groups in total. The predicted octanol–water partition coefficient (Wildman–Crippen LogP) is 4.16. The highest BCUT2D eigenvalue weighted by Gasteiger charge is 2.13. The van der Waals surface area contributed by atoms with Crippen LogP contribution in [0.5, 0.6) is 0 Å². The standard InChI is InChI=1S/C15H19N3OS2/c1-4-5-6-13-17-18-15(21-13)16-14(19)12-9-11(20-3)8-7-10(12)2/h7-9H,4-6H2,1-3H3,(H,16,18,19). The van der Waals surface area contributed by atoms with Gasteiger partial charge in [0, 0.05) is 16.9 Å². The number of aryl methyl sites for hydroxylation is 2. The Kier molecular flexibility index (Phi) is 5.76. The molecule has 0 saturated carbocycles. The van der Waals surface area contributed by atoms with E-state index in [-0.39, 0.29) is 5.91 Å². The number of benzene rings is 1. The molecule has 0 unspecified atom stereocenters. The number of aromatic nitrogens is 2. The van der Waals surface area contributed by atoms with Crippen LogP contribution in [0.2, 0.25) is 0 Å². The van der Waals surface area contributed by atoms with E-state index in [1.807, 2.05) is 31.4 Å². The molecule has 1 amide bonds. The Bertz CT molecular complexity index is 625. The molecule has 1 heterocycles.